The van der Waals surface area contributed by atoms with Crippen LogP contribution in [0.1, 0.15) is 11.1 Å². The molecular formula is C20H13FN2O. The Balaban J connectivity index is 1.92. The zero-order valence-electron chi connectivity index (χ0n) is 13.0. The number of nitrogens with zero attached hydrogens (tertiary/aromatic N) is 2. The number of halogens is 1. The lowest BCUT2D eigenvalue weighted by Gasteiger charge is -2.23. The first-order chi connectivity index (χ1) is 11.7. The second kappa shape index (κ2) is 4.74. The first kappa shape index (κ1) is 13.4. The molecule has 0 saturated carbocycles. The van der Waals surface area contributed by atoms with Crippen molar-refractivity contribution in [2.45, 2.75) is 13.5 Å². The fourth-order valence-electron chi connectivity index (χ4n) is 3.49. The van der Waals surface area contributed by atoms with Crippen LogP contribution in [-0.2, 0) is 6.61 Å². The van der Waals surface area contributed by atoms with Crippen LogP contribution < -0.4 is 4.74 Å². The molecule has 116 valence electrons. The van der Waals surface area contributed by atoms with E-state index in [9.17, 15) is 4.39 Å². The molecule has 5 rings (SSSR count). The molecule has 2 aromatic carbocycles. The summed E-state index contributed by atoms with van der Waals surface area (Å²) < 4.78 is 19.5. The summed E-state index contributed by atoms with van der Waals surface area (Å²) in [6.45, 7) is 2.52. The number of aryl methyl sites for hydroxylation is 1. The van der Waals surface area contributed by atoms with Crippen molar-refractivity contribution in [2.75, 3.05) is 0 Å². The molecule has 0 N–H and O–H groups in total. The molecule has 0 fully saturated rings. The summed E-state index contributed by atoms with van der Waals surface area (Å²) in [5, 5.41) is 2.16. The van der Waals surface area contributed by atoms with Crippen LogP contribution in [-0.4, -0.2) is 9.97 Å². The van der Waals surface area contributed by atoms with E-state index in [1.807, 2.05) is 18.2 Å². The standard InChI is InChI=1S/C20H13FN2O/c1-11-15-10-24-18-7-6-12(21)8-14(18)20(15)23-17-9-22-16-5-3-2-4-13(16)19(11)17/h2-9H,10H2,1H3. The van der Waals surface area contributed by atoms with Gasteiger partial charge in [-0.25, -0.2) is 9.37 Å². The van der Waals surface area contributed by atoms with Gasteiger partial charge in [-0.1, -0.05) is 18.2 Å². The Morgan fingerprint density at radius 3 is 2.88 bits per heavy atom. The first-order valence-electron chi connectivity index (χ1n) is 7.82. The van der Waals surface area contributed by atoms with Gasteiger partial charge in [0.15, 0.2) is 0 Å². The maximum atomic E-state index is 13.7. The van der Waals surface area contributed by atoms with E-state index in [0.29, 0.717) is 17.9 Å². The Kier molecular flexibility index (Phi) is 2.65. The van der Waals surface area contributed by atoms with Crippen molar-refractivity contribution in [3.8, 4) is 17.0 Å². The van der Waals surface area contributed by atoms with Crippen LogP contribution in [0.3, 0.4) is 0 Å². The minimum atomic E-state index is -0.290. The number of benzene rings is 2. The van der Waals surface area contributed by atoms with Crippen molar-refractivity contribution in [1.82, 2.24) is 9.97 Å². The zero-order valence-corrected chi connectivity index (χ0v) is 13.0. The maximum absolute atomic E-state index is 13.7. The number of rotatable bonds is 0. The van der Waals surface area contributed by atoms with Gasteiger partial charge in [-0.15, -0.1) is 0 Å². The summed E-state index contributed by atoms with van der Waals surface area (Å²) in [6, 6.07) is 12.6. The Morgan fingerprint density at radius 2 is 1.96 bits per heavy atom. The molecule has 0 radical (unpaired) electrons. The zero-order chi connectivity index (χ0) is 16.3. The van der Waals surface area contributed by atoms with E-state index < -0.39 is 0 Å². The lowest BCUT2D eigenvalue weighted by Crippen LogP contribution is -2.10. The second-order valence-corrected chi connectivity index (χ2v) is 6.03. The van der Waals surface area contributed by atoms with Crippen molar-refractivity contribution in [1.29, 1.82) is 0 Å². The molecule has 1 aliphatic rings. The van der Waals surface area contributed by atoms with Gasteiger partial charge in [0.05, 0.1) is 22.9 Å². The van der Waals surface area contributed by atoms with Crippen LogP contribution in [0.2, 0.25) is 0 Å². The van der Waals surface area contributed by atoms with E-state index in [2.05, 4.69) is 18.0 Å². The molecule has 0 saturated heterocycles. The van der Waals surface area contributed by atoms with Crippen molar-refractivity contribution >= 4 is 21.8 Å². The minimum absolute atomic E-state index is 0.290. The van der Waals surface area contributed by atoms with Crippen molar-refractivity contribution in [2.24, 2.45) is 0 Å². The predicted octanol–water partition coefficient (Wildman–Crippen LogP) is 4.79. The summed E-state index contributed by atoms with van der Waals surface area (Å²) in [7, 11) is 0. The maximum Gasteiger partial charge on any atom is 0.129 e. The molecule has 24 heavy (non-hydrogen) atoms. The fraction of sp³-hybridized carbons (Fsp3) is 0.100. The van der Waals surface area contributed by atoms with E-state index in [0.717, 1.165) is 38.6 Å². The lowest BCUT2D eigenvalue weighted by molar-refractivity contribution is 0.300. The summed E-state index contributed by atoms with van der Waals surface area (Å²) in [5.41, 5.74) is 5.38. The van der Waals surface area contributed by atoms with Crippen LogP contribution in [0.25, 0.3) is 33.1 Å². The number of aromatic nitrogens is 2. The van der Waals surface area contributed by atoms with Gasteiger partial charge in [0.25, 0.3) is 0 Å². The van der Waals surface area contributed by atoms with Crippen LogP contribution in [0.4, 0.5) is 4.39 Å². The molecule has 4 aromatic rings. The lowest BCUT2D eigenvalue weighted by atomic mass is 9.94. The number of fused-ring (bicyclic) bond motifs is 6. The average molecular weight is 316 g/mol. The molecule has 0 spiro atoms. The van der Waals surface area contributed by atoms with Gasteiger partial charge in [-0.2, -0.15) is 0 Å². The van der Waals surface area contributed by atoms with Gasteiger partial charge in [-0.3, -0.25) is 4.98 Å². The normalized spacial score (nSPS) is 12.8. The fourth-order valence-corrected chi connectivity index (χ4v) is 3.49. The Morgan fingerprint density at radius 1 is 1.08 bits per heavy atom. The van der Waals surface area contributed by atoms with E-state index in [4.69, 9.17) is 9.72 Å². The number of hydrogen-bond acceptors (Lipinski definition) is 3. The van der Waals surface area contributed by atoms with Crippen molar-refractivity contribution in [3.63, 3.8) is 0 Å². The number of para-hydroxylation sites is 1. The van der Waals surface area contributed by atoms with Crippen LogP contribution in [0.15, 0.2) is 48.7 Å². The van der Waals surface area contributed by atoms with Crippen molar-refractivity contribution in [3.05, 3.63) is 65.6 Å². The van der Waals surface area contributed by atoms with Gasteiger partial charge in [-0.05, 0) is 36.8 Å². The second-order valence-electron chi connectivity index (χ2n) is 6.03. The first-order valence-corrected chi connectivity index (χ1v) is 7.82. The summed E-state index contributed by atoms with van der Waals surface area (Å²) in [5.74, 6) is 0.380. The summed E-state index contributed by atoms with van der Waals surface area (Å²) >= 11 is 0. The molecule has 0 bridgehead atoms. The quantitative estimate of drug-likeness (QED) is 0.438. The monoisotopic (exact) mass is 316 g/mol. The SMILES string of the molecule is Cc1c2c(nc3cnc4ccccc4c13)-c1cc(F)ccc1OC2. The molecule has 0 amide bonds. The Labute approximate surface area is 137 Å². The van der Waals surface area contributed by atoms with Crippen LogP contribution in [0.5, 0.6) is 5.75 Å². The number of hydrogen-bond donors (Lipinski definition) is 0. The third-order valence-electron chi connectivity index (χ3n) is 4.67. The summed E-state index contributed by atoms with van der Waals surface area (Å²) in [4.78, 5) is 9.31. The molecular weight excluding hydrogens is 303 g/mol. The van der Waals surface area contributed by atoms with E-state index in [1.165, 1.54) is 12.1 Å². The Hall–Kier alpha value is -3.01. The third kappa shape index (κ3) is 1.77. The molecule has 0 aliphatic carbocycles. The highest BCUT2D eigenvalue weighted by molar-refractivity contribution is 6.07. The number of pyridine rings is 2. The van der Waals surface area contributed by atoms with E-state index in [1.54, 1.807) is 12.3 Å². The highest BCUT2D eigenvalue weighted by atomic mass is 19.1. The van der Waals surface area contributed by atoms with E-state index in [-0.39, 0.29) is 5.82 Å². The highest BCUT2D eigenvalue weighted by Crippen LogP contribution is 2.40. The van der Waals surface area contributed by atoms with Crippen LogP contribution in [0, 0.1) is 12.7 Å². The van der Waals surface area contributed by atoms with Crippen molar-refractivity contribution < 1.29 is 9.13 Å². The number of ether oxygens (including phenoxy) is 1. The van der Waals surface area contributed by atoms with E-state index >= 15 is 0 Å². The van der Waals surface area contributed by atoms with Gasteiger partial charge >= 0.3 is 0 Å². The largest absolute Gasteiger partial charge is 0.488 e. The average Bonchev–Trinajstić information content (AvgIpc) is 2.61. The van der Waals surface area contributed by atoms with Gasteiger partial charge in [0.2, 0.25) is 0 Å². The molecule has 0 unspecified atom stereocenters. The van der Waals surface area contributed by atoms with Gasteiger partial charge in [0, 0.05) is 21.9 Å². The molecule has 3 heterocycles. The predicted molar refractivity (Wildman–Crippen MR) is 91.5 cm³/mol. The topological polar surface area (TPSA) is 35.0 Å². The summed E-state index contributed by atoms with van der Waals surface area (Å²) in [6.07, 6.45) is 1.79. The Bertz CT molecular complexity index is 1140. The molecule has 1 aliphatic heterocycles. The highest BCUT2D eigenvalue weighted by Gasteiger charge is 2.23. The molecule has 4 heteroatoms. The molecule has 2 aromatic heterocycles. The third-order valence-corrected chi connectivity index (χ3v) is 4.67. The smallest absolute Gasteiger partial charge is 0.129 e. The molecule has 3 nitrogen and oxygen atoms in total. The van der Waals surface area contributed by atoms with Gasteiger partial charge in [0.1, 0.15) is 18.2 Å². The minimum Gasteiger partial charge on any atom is -0.488 e. The molecule has 0 atom stereocenters. The van der Waals surface area contributed by atoms with Crippen LogP contribution >= 0.6 is 0 Å². The van der Waals surface area contributed by atoms with Gasteiger partial charge < -0.3 is 4.74 Å².